The van der Waals surface area contributed by atoms with Gasteiger partial charge in [0.1, 0.15) is 0 Å². The normalized spacial score (nSPS) is 17.1. The van der Waals surface area contributed by atoms with E-state index in [2.05, 4.69) is 24.5 Å². The fraction of sp³-hybridized carbons (Fsp3) is 0.938. The molecule has 1 aliphatic rings. The van der Waals surface area contributed by atoms with E-state index in [1.165, 1.54) is 25.7 Å². The number of hydrogen-bond donors (Lipinski definition) is 2. The van der Waals surface area contributed by atoms with E-state index < -0.39 is 0 Å². The van der Waals surface area contributed by atoms with Crippen LogP contribution in [-0.2, 0) is 9.47 Å². The van der Waals surface area contributed by atoms with E-state index in [1.54, 1.807) is 7.11 Å². The van der Waals surface area contributed by atoms with Gasteiger partial charge in [0, 0.05) is 33.4 Å². The molecule has 0 aliphatic heterocycles. The zero-order valence-corrected chi connectivity index (χ0v) is 16.8. The molecule has 0 amide bonds. The molecule has 0 saturated heterocycles. The lowest BCUT2D eigenvalue weighted by Crippen LogP contribution is -2.38. The first-order valence-electron chi connectivity index (χ1n) is 8.29. The Bertz CT molecular complexity index is 295. The molecule has 0 radical (unpaired) electrons. The molecule has 2 N–H and O–H groups in total. The minimum absolute atomic E-state index is 0. The lowest BCUT2D eigenvalue weighted by atomic mass is 9.89. The van der Waals surface area contributed by atoms with E-state index in [1.807, 2.05) is 0 Å². The molecule has 0 spiro atoms. The third-order valence-corrected chi connectivity index (χ3v) is 3.96. The quantitative estimate of drug-likeness (QED) is 0.244. The molecule has 0 bridgehead atoms. The summed E-state index contributed by atoms with van der Waals surface area (Å²) in [7, 11) is 1.69. The van der Waals surface area contributed by atoms with Crippen molar-refractivity contribution in [3.8, 4) is 0 Å². The van der Waals surface area contributed by atoms with Gasteiger partial charge in [-0.1, -0.05) is 19.8 Å². The second-order valence-electron chi connectivity index (χ2n) is 6.10. The van der Waals surface area contributed by atoms with Gasteiger partial charge in [-0.25, -0.2) is 0 Å². The Balaban J connectivity index is 0.00000441. The van der Waals surface area contributed by atoms with E-state index in [4.69, 9.17) is 14.5 Å². The number of ether oxygens (including phenoxy) is 2. The molecule has 1 fully saturated rings. The van der Waals surface area contributed by atoms with Crippen LogP contribution in [0.25, 0.3) is 0 Å². The zero-order chi connectivity index (χ0) is 15.4. The first kappa shape index (κ1) is 21.9. The van der Waals surface area contributed by atoms with Crippen molar-refractivity contribution < 1.29 is 9.47 Å². The Kier molecular flexibility index (Phi) is 13.3. The van der Waals surface area contributed by atoms with Crippen molar-refractivity contribution in [2.75, 3.05) is 46.6 Å². The Morgan fingerprint density at radius 2 is 1.86 bits per heavy atom. The van der Waals surface area contributed by atoms with Gasteiger partial charge in [0.05, 0.1) is 13.2 Å². The van der Waals surface area contributed by atoms with Crippen molar-refractivity contribution >= 4 is 29.9 Å². The summed E-state index contributed by atoms with van der Waals surface area (Å²) in [4.78, 5) is 4.75. The van der Waals surface area contributed by atoms with E-state index in [9.17, 15) is 0 Å². The number of halogens is 1. The predicted octanol–water partition coefficient (Wildman–Crippen LogP) is 2.79. The van der Waals surface area contributed by atoms with Gasteiger partial charge >= 0.3 is 0 Å². The van der Waals surface area contributed by atoms with Crippen LogP contribution in [0.4, 0.5) is 0 Å². The summed E-state index contributed by atoms with van der Waals surface area (Å²) in [5.74, 6) is 0.933. The number of nitrogens with zero attached hydrogens (tertiary/aromatic N) is 1. The number of aliphatic imine (C=N–C) groups is 1. The molecule has 0 unspecified atom stereocenters. The van der Waals surface area contributed by atoms with Gasteiger partial charge in [0.15, 0.2) is 5.96 Å². The number of methoxy groups -OCH3 is 1. The second-order valence-corrected chi connectivity index (χ2v) is 6.10. The number of rotatable bonds is 10. The lowest BCUT2D eigenvalue weighted by molar-refractivity contribution is 0.0698. The summed E-state index contributed by atoms with van der Waals surface area (Å²) >= 11 is 0. The van der Waals surface area contributed by atoms with Gasteiger partial charge < -0.3 is 20.1 Å². The average molecular weight is 427 g/mol. The Labute approximate surface area is 153 Å². The molecule has 1 rings (SSSR count). The van der Waals surface area contributed by atoms with Crippen LogP contribution >= 0.6 is 24.0 Å². The molecule has 0 aromatic carbocycles. The summed E-state index contributed by atoms with van der Waals surface area (Å²) in [5.41, 5.74) is 0.408. The van der Waals surface area contributed by atoms with Crippen LogP contribution in [0, 0.1) is 5.41 Å². The minimum atomic E-state index is 0. The third kappa shape index (κ3) is 9.84. The average Bonchev–Trinajstić information content (AvgIpc) is 2.91. The van der Waals surface area contributed by atoms with Crippen LogP contribution in [0.5, 0.6) is 0 Å². The molecular weight excluding hydrogens is 393 g/mol. The highest BCUT2D eigenvalue weighted by Gasteiger charge is 2.28. The molecule has 0 aromatic rings. The van der Waals surface area contributed by atoms with E-state index in [-0.39, 0.29) is 24.0 Å². The molecule has 1 aliphatic carbocycles. The first-order chi connectivity index (χ1) is 10.2. The minimum Gasteiger partial charge on any atom is -0.382 e. The van der Waals surface area contributed by atoms with E-state index in [0.717, 1.165) is 38.6 Å². The highest BCUT2D eigenvalue weighted by atomic mass is 127. The first-order valence-corrected chi connectivity index (χ1v) is 8.29. The molecule has 22 heavy (non-hydrogen) atoms. The SMILES string of the molecule is CCNC(=NCC1(C)CCCC1)NCCCOCCOC.I. The monoisotopic (exact) mass is 427 g/mol. The molecule has 0 atom stereocenters. The predicted molar refractivity (Wildman–Crippen MR) is 103 cm³/mol. The Morgan fingerprint density at radius 1 is 1.14 bits per heavy atom. The van der Waals surface area contributed by atoms with Crippen LogP contribution in [0.2, 0.25) is 0 Å². The molecule has 5 nitrogen and oxygen atoms in total. The van der Waals surface area contributed by atoms with Crippen molar-refractivity contribution in [3.63, 3.8) is 0 Å². The van der Waals surface area contributed by atoms with E-state index >= 15 is 0 Å². The molecule has 1 saturated carbocycles. The summed E-state index contributed by atoms with van der Waals surface area (Å²) in [6.45, 7) is 9.25. The number of hydrogen-bond acceptors (Lipinski definition) is 3. The molecule has 132 valence electrons. The van der Waals surface area contributed by atoms with Crippen LogP contribution in [0.15, 0.2) is 4.99 Å². The molecule has 6 heteroatoms. The van der Waals surface area contributed by atoms with Gasteiger partial charge in [-0.3, -0.25) is 4.99 Å². The smallest absolute Gasteiger partial charge is 0.191 e. The highest BCUT2D eigenvalue weighted by Crippen LogP contribution is 2.37. The van der Waals surface area contributed by atoms with Crippen LogP contribution in [0.3, 0.4) is 0 Å². The van der Waals surface area contributed by atoms with Crippen molar-refractivity contribution in [1.29, 1.82) is 0 Å². The van der Waals surface area contributed by atoms with Gasteiger partial charge in [-0.2, -0.15) is 0 Å². The van der Waals surface area contributed by atoms with Crippen molar-refractivity contribution in [2.45, 2.75) is 46.0 Å². The van der Waals surface area contributed by atoms with Crippen LogP contribution in [0.1, 0.15) is 46.0 Å². The topological polar surface area (TPSA) is 54.9 Å². The third-order valence-electron chi connectivity index (χ3n) is 3.96. The van der Waals surface area contributed by atoms with Crippen molar-refractivity contribution in [1.82, 2.24) is 10.6 Å². The van der Waals surface area contributed by atoms with Crippen molar-refractivity contribution in [2.24, 2.45) is 10.4 Å². The van der Waals surface area contributed by atoms with Crippen LogP contribution < -0.4 is 10.6 Å². The van der Waals surface area contributed by atoms with Gasteiger partial charge in [-0.15, -0.1) is 24.0 Å². The van der Waals surface area contributed by atoms with Crippen LogP contribution in [-0.4, -0.2) is 52.5 Å². The summed E-state index contributed by atoms with van der Waals surface area (Å²) in [6, 6.07) is 0. The summed E-state index contributed by atoms with van der Waals surface area (Å²) in [5, 5.41) is 6.69. The standard InChI is InChI=1S/C16H33N3O2.HI/c1-4-17-15(18-10-7-11-21-13-12-20-3)19-14-16(2)8-5-6-9-16;/h4-14H2,1-3H3,(H2,17,18,19);1H. The maximum Gasteiger partial charge on any atom is 0.191 e. The highest BCUT2D eigenvalue weighted by molar-refractivity contribution is 14.0. The Hall–Kier alpha value is -0.0800. The van der Waals surface area contributed by atoms with Gasteiger partial charge in [0.25, 0.3) is 0 Å². The van der Waals surface area contributed by atoms with Gasteiger partial charge in [0.2, 0.25) is 0 Å². The fourth-order valence-electron chi connectivity index (χ4n) is 2.62. The maximum absolute atomic E-state index is 5.45. The van der Waals surface area contributed by atoms with Crippen molar-refractivity contribution in [3.05, 3.63) is 0 Å². The Morgan fingerprint density at radius 3 is 2.50 bits per heavy atom. The second kappa shape index (κ2) is 13.4. The summed E-state index contributed by atoms with van der Waals surface area (Å²) < 4.78 is 10.4. The largest absolute Gasteiger partial charge is 0.382 e. The van der Waals surface area contributed by atoms with E-state index in [0.29, 0.717) is 18.6 Å². The number of guanidine groups is 1. The maximum atomic E-state index is 5.45. The zero-order valence-electron chi connectivity index (χ0n) is 14.5. The molecule has 0 aromatic heterocycles. The molecule has 0 heterocycles. The summed E-state index contributed by atoms with van der Waals surface area (Å²) in [6.07, 6.45) is 6.31. The molecular formula is C16H34IN3O2. The lowest BCUT2D eigenvalue weighted by Gasteiger charge is -2.21. The number of nitrogens with one attached hydrogen (secondary N) is 2. The van der Waals surface area contributed by atoms with Gasteiger partial charge in [-0.05, 0) is 31.6 Å². The fourth-order valence-corrected chi connectivity index (χ4v) is 2.62.